The molecule has 0 radical (unpaired) electrons. The number of aliphatic hydroxyl groups excluding tert-OH is 1. The molecule has 1 unspecified atom stereocenters. The summed E-state index contributed by atoms with van der Waals surface area (Å²) in [4.78, 5) is 20.7. The first-order valence-electron chi connectivity index (χ1n) is 24.5. The number of benzene rings is 3. The maximum Gasteiger partial charge on any atom is 0.258 e. The second-order valence-corrected chi connectivity index (χ2v) is 19.1. The van der Waals surface area contributed by atoms with Crippen molar-refractivity contribution in [1.29, 1.82) is 0 Å². The summed E-state index contributed by atoms with van der Waals surface area (Å²) in [6, 6.07) is 18.7. The normalized spacial score (nSPS) is 15.0. The third kappa shape index (κ3) is 18.0. The lowest BCUT2D eigenvalue weighted by molar-refractivity contribution is -0.123. The van der Waals surface area contributed by atoms with E-state index in [4.69, 9.17) is 18.9 Å². The van der Waals surface area contributed by atoms with Gasteiger partial charge in [-0.3, -0.25) is 9.79 Å². The molecule has 12 nitrogen and oxygen atoms in total. The summed E-state index contributed by atoms with van der Waals surface area (Å²) in [6.07, 6.45) is 11.4. The van der Waals surface area contributed by atoms with Gasteiger partial charge in [-0.2, -0.15) is 0 Å². The molecular formula is C57H76N6O6S. The predicted octanol–water partition coefficient (Wildman–Crippen LogP) is 9.95. The number of ether oxygens (including phenoxy) is 4. The SMILES string of the molecule is C=C/C=C(\C=C)C(O)c1cc(OCC(=O)NCCOCCCCCOCCN(C)Sc2ccc(NCC#C/C(C)=C/c3c(C)cccc3NC3CCN(C)CC3)c(OC)c2)cc(C2=C(C)CN=C2C)c1. The van der Waals surface area contributed by atoms with E-state index < -0.39 is 6.10 Å². The van der Waals surface area contributed by atoms with Gasteiger partial charge in [0.05, 0.1) is 39.1 Å². The summed E-state index contributed by atoms with van der Waals surface area (Å²) in [7, 11) is 5.95. The Morgan fingerprint density at radius 1 is 1.01 bits per heavy atom. The molecule has 1 saturated heterocycles. The van der Waals surface area contributed by atoms with Gasteiger partial charge < -0.3 is 44.9 Å². The van der Waals surface area contributed by atoms with Gasteiger partial charge in [0.1, 0.15) is 17.6 Å². The standard InChI is InChI=1S/C57H76N6O6S/c1-10-17-45(11-2)57(65)47-35-46(56-43(5)39-60-44(56)6)36-49(37-47)69-40-55(64)59-26-32-67-30-13-12-14-31-68-33-29-63(8)70-50-21-22-53(54(38-50)66-9)58-25-16-18-41(3)34-51-42(4)19-15-20-52(51)61-48-23-27-62(7)28-24-48/h10-11,15,17,19-22,34-38,48,57-58,61,65H,1-2,12-14,23-33,39-40H2,3-9H3,(H,59,64)/b41-34+,45-17+. The van der Waals surface area contributed by atoms with E-state index in [9.17, 15) is 9.90 Å². The number of nitrogens with zero attached hydrogens (tertiary/aromatic N) is 3. The van der Waals surface area contributed by atoms with Crippen LogP contribution in [0.3, 0.4) is 0 Å². The fourth-order valence-electron chi connectivity index (χ4n) is 8.26. The highest BCUT2D eigenvalue weighted by Gasteiger charge is 2.21. The molecule has 1 atom stereocenters. The van der Waals surface area contributed by atoms with Crippen molar-refractivity contribution in [2.45, 2.75) is 76.8 Å². The molecule has 1 amide bonds. The Morgan fingerprint density at radius 3 is 2.50 bits per heavy atom. The van der Waals surface area contributed by atoms with Crippen LogP contribution in [0.15, 0.2) is 113 Å². The average molecular weight is 973 g/mol. The Kier molecular flexibility index (Phi) is 23.4. The van der Waals surface area contributed by atoms with Crippen LogP contribution < -0.4 is 25.4 Å². The quantitative estimate of drug-likeness (QED) is 0.0240. The Bertz CT molecular complexity index is 2410. The van der Waals surface area contributed by atoms with Crippen molar-refractivity contribution in [3.05, 3.63) is 125 Å². The predicted molar refractivity (Wildman–Crippen MR) is 291 cm³/mol. The first kappa shape index (κ1) is 55.3. The molecule has 2 aliphatic rings. The summed E-state index contributed by atoms with van der Waals surface area (Å²) >= 11 is 1.65. The number of hydrogen-bond donors (Lipinski definition) is 4. The fourth-order valence-corrected chi connectivity index (χ4v) is 9.07. The van der Waals surface area contributed by atoms with Crippen LogP contribution in [-0.4, -0.2) is 125 Å². The monoisotopic (exact) mass is 973 g/mol. The van der Waals surface area contributed by atoms with E-state index in [1.807, 2.05) is 38.1 Å². The maximum atomic E-state index is 12.7. The largest absolute Gasteiger partial charge is 0.495 e. The van der Waals surface area contributed by atoms with Gasteiger partial charge in [-0.15, -0.1) is 0 Å². The molecule has 0 saturated carbocycles. The second-order valence-electron chi connectivity index (χ2n) is 17.8. The molecule has 3 aromatic carbocycles. The summed E-state index contributed by atoms with van der Waals surface area (Å²) in [6.45, 7) is 22.5. The highest BCUT2D eigenvalue weighted by Crippen LogP contribution is 2.34. The topological polar surface area (TPSA) is 129 Å². The van der Waals surface area contributed by atoms with Gasteiger partial charge in [-0.25, -0.2) is 4.31 Å². The summed E-state index contributed by atoms with van der Waals surface area (Å²) in [5, 5.41) is 21.2. The van der Waals surface area contributed by atoms with E-state index in [-0.39, 0.29) is 12.5 Å². The minimum atomic E-state index is -0.939. The lowest BCUT2D eigenvalue weighted by atomic mass is 9.93. The van der Waals surface area contributed by atoms with Crippen molar-refractivity contribution in [1.82, 2.24) is 14.5 Å². The molecule has 0 bridgehead atoms. The van der Waals surface area contributed by atoms with Crippen LogP contribution >= 0.6 is 11.9 Å². The van der Waals surface area contributed by atoms with Crippen molar-refractivity contribution < 1.29 is 28.8 Å². The molecule has 5 rings (SSSR count). The summed E-state index contributed by atoms with van der Waals surface area (Å²) in [5.41, 5.74) is 10.7. The molecule has 4 N–H and O–H groups in total. The maximum absolute atomic E-state index is 12.7. The van der Waals surface area contributed by atoms with Crippen LogP contribution in [0.2, 0.25) is 0 Å². The van der Waals surface area contributed by atoms with E-state index in [1.165, 1.54) is 16.8 Å². The van der Waals surface area contributed by atoms with Crippen LogP contribution in [0.4, 0.5) is 11.4 Å². The first-order chi connectivity index (χ1) is 33.9. The van der Waals surface area contributed by atoms with Crippen LogP contribution in [0.1, 0.15) is 81.2 Å². The van der Waals surface area contributed by atoms with Crippen molar-refractivity contribution in [2.24, 2.45) is 4.99 Å². The van der Waals surface area contributed by atoms with Crippen molar-refractivity contribution >= 4 is 46.6 Å². The van der Waals surface area contributed by atoms with Gasteiger partial charge in [0.15, 0.2) is 6.61 Å². The molecule has 1 fully saturated rings. The number of carbonyl (C=O) groups is 1. The molecule has 0 aliphatic carbocycles. The molecule has 376 valence electrons. The van der Waals surface area contributed by atoms with E-state index in [2.05, 4.69) is 113 Å². The number of nitrogens with one attached hydrogen (secondary N) is 3. The molecule has 70 heavy (non-hydrogen) atoms. The van der Waals surface area contributed by atoms with Crippen LogP contribution in [-0.2, 0) is 14.3 Å². The number of aryl methyl sites for hydroxylation is 1. The summed E-state index contributed by atoms with van der Waals surface area (Å²) in [5.74, 6) is 7.62. The zero-order valence-electron chi connectivity index (χ0n) is 42.6. The van der Waals surface area contributed by atoms with Gasteiger partial charge in [0.2, 0.25) is 0 Å². The molecule has 0 spiro atoms. The number of anilines is 2. The van der Waals surface area contributed by atoms with E-state index in [0.29, 0.717) is 69.0 Å². The highest BCUT2D eigenvalue weighted by atomic mass is 32.2. The van der Waals surface area contributed by atoms with Crippen LogP contribution in [0, 0.1) is 18.8 Å². The third-order valence-electron chi connectivity index (χ3n) is 12.2. The number of likely N-dealkylation sites (N-methyl/N-ethyl adjacent to an activating group) is 1. The Hall–Kier alpha value is -5.59. The molecule has 13 heteroatoms. The van der Waals surface area contributed by atoms with Crippen molar-refractivity contribution in [2.75, 3.05) is 104 Å². The molecule has 0 aromatic heterocycles. The van der Waals surface area contributed by atoms with Gasteiger partial charge >= 0.3 is 0 Å². The van der Waals surface area contributed by atoms with Gasteiger partial charge in [0, 0.05) is 59.8 Å². The zero-order chi connectivity index (χ0) is 50.3. The number of aliphatic imine (C=N–C) groups is 1. The van der Waals surface area contributed by atoms with Crippen LogP contribution in [0.5, 0.6) is 11.5 Å². The Labute approximate surface area is 422 Å². The molecule has 3 aromatic rings. The van der Waals surface area contributed by atoms with Crippen molar-refractivity contribution in [3.63, 3.8) is 0 Å². The Balaban J connectivity index is 0.921. The van der Waals surface area contributed by atoms with Crippen LogP contribution in [0.25, 0.3) is 11.6 Å². The first-order valence-corrected chi connectivity index (χ1v) is 25.2. The summed E-state index contributed by atoms with van der Waals surface area (Å²) < 4.78 is 25.5. The van der Waals surface area contributed by atoms with E-state index in [1.54, 1.807) is 43.4 Å². The minimum Gasteiger partial charge on any atom is -0.495 e. The number of likely N-dealkylation sites (tertiary alicyclic amines) is 1. The molecular weight excluding hydrogens is 897 g/mol. The minimum absolute atomic E-state index is 0.168. The van der Waals surface area contributed by atoms with E-state index in [0.717, 1.165) is 96.1 Å². The van der Waals surface area contributed by atoms with Gasteiger partial charge in [-0.05, 0) is 181 Å². The van der Waals surface area contributed by atoms with E-state index >= 15 is 0 Å². The third-order valence-corrected chi connectivity index (χ3v) is 13.1. The van der Waals surface area contributed by atoms with Gasteiger partial charge in [-0.1, -0.05) is 55.4 Å². The number of aliphatic hydroxyl groups is 1. The molecule has 2 aliphatic heterocycles. The zero-order valence-corrected chi connectivity index (χ0v) is 43.4. The number of allylic oxidation sites excluding steroid dienone is 4. The number of amides is 1. The number of piperidine rings is 1. The van der Waals surface area contributed by atoms with Gasteiger partial charge in [0.25, 0.3) is 5.91 Å². The number of hydrogen-bond acceptors (Lipinski definition) is 12. The van der Waals surface area contributed by atoms with Crippen molar-refractivity contribution in [3.8, 4) is 23.3 Å². The Morgan fingerprint density at radius 2 is 1.79 bits per heavy atom. The average Bonchev–Trinajstić information content (AvgIpc) is 3.69. The number of carbonyl (C=O) groups excluding carboxylic acids is 1. The smallest absolute Gasteiger partial charge is 0.258 e. The highest BCUT2D eigenvalue weighted by molar-refractivity contribution is 7.97. The fraction of sp³-hybridized carbons (Fsp3) is 0.439. The lowest BCUT2D eigenvalue weighted by Crippen LogP contribution is -2.36. The number of rotatable bonds is 28. The number of unbranched alkanes of at least 4 members (excludes halogenated alkanes) is 2. The lowest BCUT2D eigenvalue weighted by Gasteiger charge is -2.30. The molecule has 2 heterocycles. The second kappa shape index (κ2) is 29.6. The number of methoxy groups -OCH3 is 1.